The van der Waals surface area contributed by atoms with Crippen molar-refractivity contribution >= 4 is 0 Å². The number of rotatable bonds is 0. The summed E-state index contributed by atoms with van der Waals surface area (Å²) < 4.78 is 1.21. The van der Waals surface area contributed by atoms with Gasteiger partial charge in [0.25, 0.3) is 0 Å². The van der Waals surface area contributed by atoms with Crippen LogP contribution in [-0.2, 0) is 0 Å². The van der Waals surface area contributed by atoms with Crippen LogP contribution in [0.2, 0.25) is 0 Å². The molecule has 0 bridgehead atoms. The van der Waals surface area contributed by atoms with E-state index in [9.17, 15) is 0 Å². The second-order valence-corrected chi connectivity index (χ2v) is 3.96. The van der Waals surface area contributed by atoms with Gasteiger partial charge in [0.1, 0.15) is 13.1 Å². The van der Waals surface area contributed by atoms with Crippen molar-refractivity contribution in [3.63, 3.8) is 0 Å². The van der Waals surface area contributed by atoms with Crippen LogP contribution in [0.15, 0.2) is 11.1 Å². The lowest BCUT2D eigenvalue weighted by atomic mass is 9.92. The monoisotopic (exact) mass is 124 g/mol. The van der Waals surface area contributed by atoms with Gasteiger partial charge in [-0.2, -0.15) is 0 Å². The van der Waals surface area contributed by atoms with E-state index in [1.165, 1.54) is 30.4 Å². The molecule has 0 radical (unpaired) electrons. The van der Waals surface area contributed by atoms with Crippen LogP contribution in [0.3, 0.4) is 0 Å². The number of nitrogens with zero attached hydrogens (tertiary/aromatic N) is 1. The number of hydrogen-bond donors (Lipinski definition) is 0. The van der Waals surface area contributed by atoms with Crippen molar-refractivity contribution in [2.45, 2.75) is 12.8 Å². The Bertz CT molecular complexity index is 159. The summed E-state index contributed by atoms with van der Waals surface area (Å²) >= 11 is 0. The zero-order chi connectivity index (χ0) is 6.48. The Morgan fingerprint density at radius 1 is 1.00 bits per heavy atom. The maximum Gasteiger partial charge on any atom is 0.101 e. The molecule has 0 aromatic heterocycles. The minimum atomic E-state index is 1.21. The summed E-state index contributed by atoms with van der Waals surface area (Å²) in [6.07, 6.45) is 2.80. The van der Waals surface area contributed by atoms with E-state index in [1.54, 1.807) is 11.1 Å². The lowest BCUT2D eigenvalue weighted by Crippen LogP contribution is -2.36. The molecule has 2 rings (SSSR count). The Kier molecular flexibility index (Phi) is 0.854. The van der Waals surface area contributed by atoms with Gasteiger partial charge < -0.3 is 4.48 Å². The van der Waals surface area contributed by atoms with Crippen LogP contribution in [0.1, 0.15) is 12.8 Å². The molecule has 1 heterocycles. The second-order valence-electron chi connectivity index (χ2n) is 3.96. The number of quaternary nitrogens is 1. The normalized spacial score (nSPS) is 30.0. The minimum absolute atomic E-state index is 1.21. The van der Waals surface area contributed by atoms with Gasteiger partial charge in [0.2, 0.25) is 0 Å². The van der Waals surface area contributed by atoms with Crippen LogP contribution in [0, 0.1) is 0 Å². The molecule has 0 amide bonds. The van der Waals surface area contributed by atoms with Gasteiger partial charge in [-0.05, 0) is 24.0 Å². The van der Waals surface area contributed by atoms with Gasteiger partial charge in [-0.3, -0.25) is 0 Å². The zero-order valence-electron chi connectivity index (χ0n) is 6.28. The molecule has 1 heteroatoms. The van der Waals surface area contributed by atoms with Crippen molar-refractivity contribution < 1.29 is 4.48 Å². The van der Waals surface area contributed by atoms with Crippen LogP contribution in [0.5, 0.6) is 0 Å². The molecule has 0 aromatic carbocycles. The summed E-state index contributed by atoms with van der Waals surface area (Å²) in [5, 5.41) is 0. The first-order valence-electron chi connectivity index (χ1n) is 3.69. The van der Waals surface area contributed by atoms with E-state index in [2.05, 4.69) is 14.1 Å². The molecular weight excluding hydrogens is 110 g/mol. The summed E-state index contributed by atoms with van der Waals surface area (Å²) in [5.41, 5.74) is 3.53. The molecule has 50 valence electrons. The van der Waals surface area contributed by atoms with E-state index in [-0.39, 0.29) is 0 Å². The summed E-state index contributed by atoms with van der Waals surface area (Å²) in [6.45, 7) is 2.66. The standard InChI is InChI=1S/C8H14N/c1-9(2)5-7-3-4-8(7)6-9/h3-6H2,1-2H3/q+1. The van der Waals surface area contributed by atoms with Crippen LogP contribution in [0.25, 0.3) is 0 Å². The lowest BCUT2D eigenvalue weighted by Gasteiger charge is -2.22. The van der Waals surface area contributed by atoms with E-state index < -0.39 is 0 Å². The lowest BCUT2D eigenvalue weighted by molar-refractivity contribution is -0.874. The van der Waals surface area contributed by atoms with Crippen molar-refractivity contribution in [1.29, 1.82) is 0 Å². The topological polar surface area (TPSA) is 0 Å². The molecule has 0 spiro atoms. The first-order chi connectivity index (χ1) is 4.17. The third kappa shape index (κ3) is 0.715. The first-order valence-corrected chi connectivity index (χ1v) is 3.69. The highest BCUT2D eigenvalue weighted by Crippen LogP contribution is 2.36. The molecular formula is C8H14N+. The molecule has 0 aromatic rings. The highest BCUT2D eigenvalue weighted by atomic mass is 15.3. The third-order valence-electron chi connectivity index (χ3n) is 2.47. The van der Waals surface area contributed by atoms with Gasteiger partial charge in [0.15, 0.2) is 0 Å². The van der Waals surface area contributed by atoms with Crippen LogP contribution >= 0.6 is 0 Å². The highest BCUT2D eigenvalue weighted by Gasteiger charge is 2.34. The fraction of sp³-hybridized carbons (Fsp3) is 0.750. The van der Waals surface area contributed by atoms with Gasteiger partial charge in [-0.15, -0.1) is 0 Å². The first kappa shape index (κ1) is 5.48. The Morgan fingerprint density at radius 2 is 1.44 bits per heavy atom. The minimum Gasteiger partial charge on any atom is -0.322 e. The van der Waals surface area contributed by atoms with Crippen LogP contribution in [-0.4, -0.2) is 31.7 Å². The predicted molar refractivity (Wildman–Crippen MR) is 38.1 cm³/mol. The van der Waals surface area contributed by atoms with Gasteiger partial charge in [-0.25, -0.2) is 0 Å². The maximum absolute atomic E-state index is 2.32. The molecule has 0 saturated carbocycles. The predicted octanol–water partition coefficient (Wildman–Crippen LogP) is 1.17. The largest absolute Gasteiger partial charge is 0.322 e. The second kappa shape index (κ2) is 1.40. The molecule has 9 heavy (non-hydrogen) atoms. The molecule has 1 aliphatic carbocycles. The molecule has 0 saturated heterocycles. The van der Waals surface area contributed by atoms with Gasteiger partial charge in [0, 0.05) is 0 Å². The fourth-order valence-corrected chi connectivity index (χ4v) is 1.95. The molecule has 0 N–H and O–H groups in total. The summed E-state index contributed by atoms with van der Waals surface area (Å²) in [7, 11) is 4.64. The average molecular weight is 124 g/mol. The molecule has 2 aliphatic rings. The van der Waals surface area contributed by atoms with E-state index >= 15 is 0 Å². The van der Waals surface area contributed by atoms with E-state index in [4.69, 9.17) is 0 Å². The van der Waals surface area contributed by atoms with Crippen molar-refractivity contribution in [3.05, 3.63) is 11.1 Å². The molecule has 0 atom stereocenters. The average Bonchev–Trinajstić information content (AvgIpc) is 1.90. The summed E-state index contributed by atoms with van der Waals surface area (Å²) in [5.74, 6) is 0. The summed E-state index contributed by atoms with van der Waals surface area (Å²) in [6, 6.07) is 0. The van der Waals surface area contributed by atoms with Crippen LogP contribution in [0.4, 0.5) is 0 Å². The molecule has 1 aliphatic heterocycles. The molecule has 1 nitrogen and oxygen atoms in total. The molecule has 0 unspecified atom stereocenters. The third-order valence-corrected chi connectivity index (χ3v) is 2.47. The maximum atomic E-state index is 2.32. The Morgan fingerprint density at radius 3 is 1.67 bits per heavy atom. The number of likely N-dealkylation sites (N-methyl/N-ethyl adjacent to an activating group) is 1. The van der Waals surface area contributed by atoms with Crippen molar-refractivity contribution in [3.8, 4) is 0 Å². The van der Waals surface area contributed by atoms with Crippen molar-refractivity contribution in [2.24, 2.45) is 0 Å². The molecule has 0 fully saturated rings. The van der Waals surface area contributed by atoms with Gasteiger partial charge in [-0.1, -0.05) is 0 Å². The van der Waals surface area contributed by atoms with Gasteiger partial charge >= 0.3 is 0 Å². The van der Waals surface area contributed by atoms with E-state index in [1.807, 2.05) is 0 Å². The smallest absolute Gasteiger partial charge is 0.101 e. The van der Waals surface area contributed by atoms with Crippen molar-refractivity contribution in [1.82, 2.24) is 0 Å². The zero-order valence-corrected chi connectivity index (χ0v) is 6.28. The Labute approximate surface area is 56.6 Å². The quantitative estimate of drug-likeness (QED) is 0.336. The van der Waals surface area contributed by atoms with Crippen LogP contribution < -0.4 is 0 Å². The Hall–Kier alpha value is -0.300. The Balaban J connectivity index is 2.19. The summed E-state index contributed by atoms with van der Waals surface area (Å²) in [4.78, 5) is 0. The van der Waals surface area contributed by atoms with Crippen molar-refractivity contribution in [2.75, 3.05) is 27.2 Å². The SMILES string of the molecule is C[N+]1(C)CC2=C(CC2)C1. The van der Waals surface area contributed by atoms with E-state index in [0.29, 0.717) is 0 Å². The fourth-order valence-electron chi connectivity index (χ4n) is 1.95. The van der Waals surface area contributed by atoms with E-state index in [0.717, 1.165) is 0 Å². The number of hydrogen-bond acceptors (Lipinski definition) is 0. The number of likely N-dealkylation sites (tertiary alicyclic amines) is 1. The highest BCUT2D eigenvalue weighted by molar-refractivity contribution is 5.28. The van der Waals surface area contributed by atoms with Gasteiger partial charge in [0.05, 0.1) is 14.1 Å².